The largest absolute Gasteiger partial charge is 0.471 e. The maximum Gasteiger partial charge on any atom is 0.407 e. The molecule has 370 valence electrons. The minimum absolute atomic E-state index is 0.204. The number of benzene rings is 3. The Labute approximate surface area is 403 Å². The van der Waals surface area contributed by atoms with Crippen molar-refractivity contribution in [2.45, 2.75) is 151 Å². The Morgan fingerprint density at radius 3 is 1.40 bits per heavy atom. The predicted molar refractivity (Wildman–Crippen MR) is 277 cm³/mol. The van der Waals surface area contributed by atoms with Gasteiger partial charge in [0.15, 0.2) is 0 Å². The topological polar surface area (TPSA) is 168 Å². The number of imidazole rings is 2. The zero-order valence-electron chi connectivity index (χ0n) is 43.0. The molecule has 0 saturated carbocycles. The minimum atomic E-state index is -0.649. The van der Waals surface area contributed by atoms with Crippen LogP contribution in [0.2, 0.25) is 0 Å². The van der Waals surface area contributed by atoms with E-state index in [0.717, 1.165) is 54.1 Å². The van der Waals surface area contributed by atoms with Crippen molar-refractivity contribution >= 4 is 25.1 Å². The number of alkyl carbamates (subject to hydrolysis) is 1. The second-order valence-corrected chi connectivity index (χ2v) is 15.5. The van der Waals surface area contributed by atoms with E-state index < -0.39 is 12.1 Å². The minimum Gasteiger partial charge on any atom is -0.471 e. The highest BCUT2D eigenvalue weighted by atomic mass is 16.5. The van der Waals surface area contributed by atoms with E-state index in [1.54, 1.807) is 24.3 Å². The maximum absolute atomic E-state index is 10.9. The molecule has 2 aromatic heterocycles. The summed E-state index contributed by atoms with van der Waals surface area (Å²) in [6, 6.07) is 26.1. The van der Waals surface area contributed by atoms with Gasteiger partial charge < -0.3 is 39.7 Å². The van der Waals surface area contributed by atoms with Crippen LogP contribution in [0.5, 0.6) is 0 Å². The summed E-state index contributed by atoms with van der Waals surface area (Å²) in [6.07, 6.45) is 15.4. The molecule has 0 bridgehead atoms. The van der Waals surface area contributed by atoms with E-state index in [-0.39, 0.29) is 5.92 Å². The highest BCUT2D eigenvalue weighted by Gasteiger charge is 2.16. The number of carbonyl (C=O) groups excluding carboxylic acids is 4. The fourth-order valence-electron chi connectivity index (χ4n) is 6.91. The van der Waals surface area contributed by atoms with Gasteiger partial charge >= 0.3 is 6.09 Å². The third kappa shape index (κ3) is 22.9. The van der Waals surface area contributed by atoms with E-state index in [1.807, 2.05) is 53.2 Å². The summed E-state index contributed by atoms with van der Waals surface area (Å²) in [5.74, 6) is 3.32. The van der Waals surface area contributed by atoms with Crippen LogP contribution in [-0.2, 0) is 23.9 Å². The van der Waals surface area contributed by atoms with Gasteiger partial charge in [-0.15, -0.1) is 0 Å². The van der Waals surface area contributed by atoms with Crippen molar-refractivity contribution in [1.29, 1.82) is 0 Å². The molecule has 67 heavy (non-hydrogen) atoms. The van der Waals surface area contributed by atoms with E-state index in [1.165, 1.54) is 75.0 Å². The molecule has 0 saturated heterocycles. The molecule has 0 radical (unpaired) electrons. The van der Waals surface area contributed by atoms with Gasteiger partial charge in [-0.3, -0.25) is 4.79 Å². The molecule has 1 amide bonds. The average Bonchev–Trinajstić information content (AvgIpc) is 4.11. The number of aromatic nitrogens is 4. The summed E-state index contributed by atoms with van der Waals surface area (Å²) >= 11 is 0. The molecule has 0 aliphatic carbocycles. The Kier molecular flexibility index (Phi) is 34.9. The Morgan fingerprint density at radius 1 is 0.642 bits per heavy atom. The Balaban J connectivity index is 0.00000108. The molecule has 4 N–H and O–H groups in total. The monoisotopic (exact) mass is 925 g/mol. The summed E-state index contributed by atoms with van der Waals surface area (Å²) in [4.78, 5) is 57.4. The van der Waals surface area contributed by atoms with Crippen molar-refractivity contribution < 1.29 is 28.7 Å². The fraction of sp³-hybridized carbons (Fsp3) is 0.491. The average molecular weight is 925 g/mol. The number of hydrogen-bond acceptors (Lipinski definition) is 9. The quantitative estimate of drug-likeness (QED) is 0.0524. The van der Waals surface area contributed by atoms with Gasteiger partial charge in [0.25, 0.3) is 6.47 Å². The molecule has 0 aliphatic rings. The van der Waals surface area contributed by atoms with Gasteiger partial charge in [-0.25, -0.2) is 14.8 Å². The number of unbranched alkanes of at least 4 members (excludes halogenated alkanes) is 2. The number of hydrogen-bond donors (Lipinski definition) is 4. The third-order valence-electron chi connectivity index (χ3n) is 10.8. The molecular weight excluding hydrogens is 841 g/mol. The summed E-state index contributed by atoms with van der Waals surface area (Å²) in [5.41, 5.74) is 7.67. The number of carbonyl (C=O) groups is 4. The van der Waals surface area contributed by atoms with Crippen LogP contribution in [0, 0.1) is 5.92 Å². The number of amides is 1. The summed E-state index contributed by atoms with van der Waals surface area (Å²) in [5, 5.41) is 5.56. The van der Waals surface area contributed by atoms with Crippen LogP contribution in [0.4, 0.5) is 4.79 Å². The first kappa shape index (κ1) is 61.1. The summed E-state index contributed by atoms with van der Waals surface area (Å²) in [7, 11) is 4.48. The van der Waals surface area contributed by atoms with Crippen LogP contribution in [0.3, 0.4) is 0 Å². The lowest BCUT2D eigenvalue weighted by molar-refractivity contribution is -0.126. The molecule has 12 nitrogen and oxygen atoms in total. The van der Waals surface area contributed by atoms with Crippen molar-refractivity contribution in [3.63, 3.8) is 0 Å². The van der Waals surface area contributed by atoms with Crippen LogP contribution >= 0.6 is 0 Å². The number of nitrogens with zero attached hydrogens (tertiary/aromatic N) is 2. The normalized spacial score (nSPS) is 12.2. The van der Waals surface area contributed by atoms with Gasteiger partial charge in [0.05, 0.1) is 38.0 Å². The maximum atomic E-state index is 10.9. The number of H-pyrrole nitrogens is 2. The highest BCUT2D eigenvalue weighted by molar-refractivity contribution is 5.74. The molecule has 0 fully saturated rings. The summed E-state index contributed by atoms with van der Waals surface area (Å²) < 4.78 is 8.26. The van der Waals surface area contributed by atoms with Gasteiger partial charge in [-0.2, -0.15) is 0 Å². The van der Waals surface area contributed by atoms with Crippen molar-refractivity contribution in [2.75, 3.05) is 21.3 Å². The molecule has 3 aromatic carbocycles. The molecular formula is C55H84N6O6. The lowest BCUT2D eigenvalue weighted by Crippen LogP contribution is -2.33. The lowest BCUT2D eigenvalue weighted by Gasteiger charge is -2.19. The molecule has 0 spiro atoms. The van der Waals surface area contributed by atoms with E-state index in [4.69, 9.17) is 4.79 Å². The molecule has 0 aliphatic heterocycles. The number of nitrogens with one attached hydrogen (secondary N) is 4. The van der Waals surface area contributed by atoms with Crippen LogP contribution in [0.25, 0.3) is 33.6 Å². The summed E-state index contributed by atoms with van der Waals surface area (Å²) in [6.45, 7) is 21.6. The second kappa shape index (κ2) is 38.2. The molecule has 5 aromatic rings. The molecule has 12 heteroatoms. The molecule has 5 atom stereocenters. The van der Waals surface area contributed by atoms with Crippen molar-refractivity contribution in [1.82, 2.24) is 30.6 Å². The first-order valence-electron chi connectivity index (χ1n) is 24.3. The Morgan fingerprint density at radius 2 is 1.07 bits per heavy atom. The van der Waals surface area contributed by atoms with Crippen LogP contribution in [-0.4, -0.2) is 72.4 Å². The standard InChI is InChI=1S/C30H38N4.C10H11NO3.C9H19NO.C2H4O2.2C2H6/c1-5-7-9-21(3)29-31-19-27(33-29)25-15-11-23(12-16-25)24-13-17-26(18-14-24)28-20-32-30(34-28)22(4)10-8-6-2;1-14-10(13)11-9(7-12)8-5-3-2-4-6-8;1-4-6-8(7-11)9(5-2)10-3;1-4-2-3;2*1-2/h11-22H,5-10H2,1-4H3,(H,31,33)(H,32,34);2-7,9H,1H3,(H,11,13);7-10H,4-6H2,1-3H3;2H,1H3;2*1-2H3/t21-,22-;9-;8-,9-;;;/m001.../s1. The number of aldehydes is 2. The van der Waals surface area contributed by atoms with Crippen molar-refractivity contribution in [3.8, 4) is 33.6 Å². The number of methoxy groups -OCH3 is 2. The zero-order valence-corrected chi connectivity index (χ0v) is 43.0. The van der Waals surface area contributed by atoms with Gasteiger partial charge in [0.1, 0.15) is 30.3 Å². The van der Waals surface area contributed by atoms with Gasteiger partial charge in [0.2, 0.25) is 0 Å². The molecule has 0 unspecified atom stereocenters. The fourth-order valence-corrected chi connectivity index (χ4v) is 6.91. The van der Waals surface area contributed by atoms with E-state index >= 15 is 0 Å². The number of rotatable bonds is 21. The van der Waals surface area contributed by atoms with E-state index in [2.05, 4.69) is 130 Å². The van der Waals surface area contributed by atoms with Crippen LogP contribution < -0.4 is 10.6 Å². The third-order valence-corrected chi connectivity index (χ3v) is 10.8. The van der Waals surface area contributed by atoms with Gasteiger partial charge in [-0.1, -0.05) is 180 Å². The Bertz CT molecular complexity index is 1880. The number of aromatic amines is 2. The highest BCUT2D eigenvalue weighted by Crippen LogP contribution is 2.29. The lowest BCUT2D eigenvalue weighted by atomic mass is 9.95. The first-order chi connectivity index (χ1) is 32.6. The van der Waals surface area contributed by atoms with Crippen molar-refractivity contribution in [3.05, 3.63) is 108 Å². The van der Waals surface area contributed by atoms with E-state index in [0.29, 0.717) is 30.6 Å². The molecule has 2 heterocycles. The number of ether oxygens (including phenoxy) is 2. The van der Waals surface area contributed by atoms with Gasteiger partial charge in [0, 0.05) is 23.8 Å². The van der Waals surface area contributed by atoms with Crippen LogP contribution in [0.15, 0.2) is 91.3 Å². The van der Waals surface area contributed by atoms with Gasteiger partial charge in [-0.05, 0) is 60.5 Å². The Hall–Kier alpha value is -5.88. The van der Waals surface area contributed by atoms with Crippen LogP contribution in [0.1, 0.15) is 162 Å². The van der Waals surface area contributed by atoms with Crippen molar-refractivity contribution in [2.24, 2.45) is 5.92 Å². The predicted octanol–water partition coefficient (Wildman–Crippen LogP) is 13.4. The SMILES string of the molecule is CC.CC.CCCC[C@H](C)c1ncc(-c2ccc(-c3ccc(-c4cnc([C@@H](C)CCCC)[nH]4)cc3)cc2)[nH]1.CCC[C@H](C=O)[C@@H](CC)NC.COC(=O)N[C@@H](C=O)c1ccccc1.COC=O. The zero-order chi connectivity index (χ0) is 50.4. The smallest absolute Gasteiger partial charge is 0.407 e. The first-order valence-corrected chi connectivity index (χ1v) is 24.3. The molecule has 5 rings (SSSR count). The van der Waals surface area contributed by atoms with E-state index in [9.17, 15) is 14.4 Å². The second-order valence-electron chi connectivity index (χ2n) is 15.5.